The average molecular weight is 582 g/mol. The van der Waals surface area contributed by atoms with E-state index < -0.39 is 0 Å². The Hall–Kier alpha value is 3.33. The van der Waals surface area contributed by atoms with E-state index in [0.717, 1.165) is 0 Å². The van der Waals surface area contributed by atoms with Crippen LogP contribution in [0.2, 0.25) is 0 Å². The van der Waals surface area contributed by atoms with Gasteiger partial charge in [0.15, 0.2) is 0 Å². The molecular weight excluding hydrogens is 575 g/mol. The van der Waals surface area contributed by atoms with Crippen molar-refractivity contribution in [2.45, 2.75) is 0 Å². The monoisotopic (exact) mass is 586 g/mol. The summed E-state index contributed by atoms with van der Waals surface area (Å²) in [4.78, 5) is 0. The van der Waals surface area contributed by atoms with Gasteiger partial charge in [-0.25, -0.2) is 0 Å². The van der Waals surface area contributed by atoms with Gasteiger partial charge in [0.25, 0.3) is 0 Å². The van der Waals surface area contributed by atoms with Crippen LogP contribution >= 0.6 is 0 Å². The average Bonchev–Trinajstić information content (AvgIpc) is 0. The molecule has 0 atom stereocenters. The molecule has 0 nitrogen and oxygen atoms in total. The molecule has 0 aromatic carbocycles. The molecule has 6 radical (unpaired) electrons. The predicted molar refractivity (Wildman–Crippen MR) is 32.8 cm³/mol. The van der Waals surface area contributed by atoms with Crippen LogP contribution in [0.4, 0.5) is 0 Å². The fraction of sp³-hybridized carbons (Fsp3) is 0. The maximum atomic E-state index is 0. The van der Waals surface area contributed by atoms with Crippen molar-refractivity contribution in [2.24, 2.45) is 0 Å². The van der Waals surface area contributed by atoms with E-state index in [9.17, 15) is 0 Å². The first-order valence-corrected chi connectivity index (χ1v) is 0. The standard InChI is InChI=1S/Pb.Sb.Sn.HTe.6H/h;;;1H;;;;;;. The Morgan fingerprint density at radius 1 is 1.00 bits per heavy atom. The van der Waals surface area contributed by atoms with Crippen LogP contribution in [0.5, 0.6) is 0 Å². The first-order chi connectivity index (χ1) is 0. The second-order valence-electron chi connectivity index (χ2n) is 0. The maximum absolute atomic E-state index is 0. The van der Waals surface area contributed by atoms with Crippen molar-refractivity contribution < 1.29 is 0 Å². The molecule has 0 fully saturated rings. The van der Waals surface area contributed by atoms with E-state index in [0.29, 0.717) is 0 Å². The summed E-state index contributed by atoms with van der Waals surface area (Å²) in [6, 6.07) is 0. The Labute approximate surface area is 97.2 Å². The van der Waals surface area contributed by atoms with Crippen molar-refractivity contribution in [2.75, 3.05) is 0 Å². The third kappa shape index (κ3) is 9.01. The first kappa shape index (κ1) is 26.5. The molecule has 4 heavy (non-hydrogen) atoms. The second kappa shape index (κ2) is 16.2. The molecule has 0 aromatic heterocycles. The number of hydrogen-bond acceptors (Lipinski definition) is 0. The van der Waals surface area contributed by atoms with Gasteiger partial charge in [-0.05, 0) is 0 Å². The fourth-order valence-corrected chi connectivity index (χ4v) is 0. The quantitative estimate of drug-likeness (QED) is 0.262. The molecule has 0 amide bonds. The van der Waals surface area contributed by atoms with Gasteiger partial charge in [0.2, 0.25) is 0 Å². The summed E-state index contributed by atoms with van der Waals surface area (Å²) in [5, 5.41) is 0. The molecule has 0 aliphatic rings. The molecule has 0 unspecified atom stereocenters. The summed E-state index contributed by atoms with van der Waals surface area (Å²) in [6.07, 6.45) is 0. The van der Waals surface area contributed by atoms with Gasteiger partial charge in [0.05, 0.1) is 0 Å². The predicted octanol–water partition coefficient (Wildman–Crippen LogP) is -3.40. The van der Waals surface area contributed by atoms with Crippen molar-refractivity contribution in [1.29, 1.82) is 0 Å². The molecule has 0 aliphatic heterocycles. The fourth-order valence-electron chi connectivity index (χ4n) is 0. The van der Waals surface area contributed by atoms with Crippen molar-refractivity contribution in [3.05, 3.63) is 0 Å². The van der Waals surface area contributed by atoms with Gasteiger partial charge in [0, 0.05) is 0 Å². The van der Waals surface area contributed by atoms with Crippen LogP contribution in [0, 0.1) is 0 Å². The summed E-state index contributed by atoms with van der Waals surface area (Å²) in [5.74, 6) is 0. The first-order valence-electron chi connectivity index (χ1n) is 0. The van der Waals surface area contributed by atoms with Gasteiger partial charge in [-0.1, -0.05) is 0 Å². The van der Waals surface area contributed by atoms with E-state index in [-0.39, 0.29) is 99.3 Å². The van der Waals surface area contributed by atoms with E-state index in [4.69, 9.17) is 0 Å². The van der Waals surface area contributed by atoms with E-state index in [1.807, 2.05) is 0 Å². The molecule has 0 aromatic rings. The molecule has 0 bridgehead atoms. The third-order valence-electron chi connectivity index (χ3n) is 0. The Bertz CT molecular complexity index is 8.00. The molecule has 0 saturated heterocycles. The van der Waals surface area contributed by atoms with Crippen molar-refractivity contribution >= 4 is 99.3 Å². The van der Waals surface area contributed by atoms with Crippen molar-refractivity contribution in [3.8, 4) is 0 Å². The zero-order chi connectivity index (χ0) is 0. The molecular formula is H7PbSbSnTe. The topological polar surface area (TPSA) is 0 Å². The van der Waals surface area contributed by atoms with Gasteiger partial charge >= 0.3 is 99.3 Å². The molecule has 4 heteroatoms. The van der Waals surface area contributed by atoms with E-state index in [1.54, 1.807) is 0 Å². The van der Waals surface area contributed by atoms with Crippen molar-refractivity contribution in [3.63, 3.8) is 0 Å². The van der Waals surface area contributed by atoms with Crippen LogP contribution in [0.3, 0.4) is 0 Å². The van der Waals surface area contributed by atoms with Crippen LogP contribution in [-0.2, 0) is 0 Å². The molecule has 0 spiro atoms. The Kier molecular flexibility index (Phi) is 107. The molecule has 0 N–H and O–H groups in total. The van der Waals surface area contributed by atoms with Crippen LogP contribution in [-0.4, -0.2) is 99.3 Å². The minimum absolute atomic E-state index is 0. The van der Waals surface area contributed by atoms with Gasteiger partial charge < -0.3 is 0 Å². The molecule has 0 saturated carbocycles. The third-order valence-corrected chi connectivity index (χ3v) is 0. The zero-order valence-electron chi connectivity index (χ0n) is 2.44. The summed E-state index contributed by atoms with van der Waals surface area (Å²) in [7, 11) is 0. The summed E-state index contributed by atoms with van der Waals surface area (Å²) in [5.41, 5.74) is 0. The summed E-state index contributed by atoms with van der Waals surface area (Å²) < 4.78 is 0. The Balaban J connectivity index is 0. The SMILES string of the molecule is [PbH2].[SbH2].[SnH2].[TeH]. The Morgan fingerprint density at radius 3 is 1.00 bits per heavy atom. The van der Waals surface area contributed by atoms with Gasteiger partial charge in [-0.15, -0.1) is 0 Å². The van der Waals surface area contributed by atoms with Gasteiger partial charge in [0.1, 0.15) is 0 Å². The molecule has 26 valence electrons. The Morgan fingerprint density at radius 2 is 1.00 bits per heavy atom. The second-order valence-corrected chi connectivity index (χ2v) is 0. The van der Waals surface area contributed by atoms with E-state index >= 15 is 0 Å². The molecule has 0 rings (SSSR count). The van der Waals surface area contributed by atoms with Crippen LogP contribution < -0.4 is 0 Å². The van der Waals surface area contributed by atoms with Crippen LogP contribution in [0.15, 0.2) is 0 Å². The van der Waals surface area contributed by atoms with Gasteiger partial charge in [-0.3, -0.25) is 0 Å². The van der Waals surface area contributed by atoms with Crippen molar-refractivity contribution in [1.82, 2.24) is 0 Å². The van der Waals surface area contributed by atoms with Crippen LogP contribution in [0.25, 0.3) is 0 Å². The molecule has 0 aliphatic carbocycles. The summed E-state index contributed by atoms with van der Waals surface area (Å²) >= 11 is 0. The number of rotatable bonds is 0. The summed E-state index contributed by atoms with van der Waals surface area (Å²) in [6.45, 7) is 0. The zero-order valence-corrected chi connectivity index (χ0v) is 17.8. The van der Waals surface area contributed by atoms with Gasteiger partial charge in [-0.2, -0.15) is 0 Å². The van der Waals surface area contributed by atoms with E-state index in [1.165, 1.54) is 0 Å². The minimum atomic E-state index is 0. The van der Waals surface area contributed by atoms with E-state index in [2.05, 4.69) is 0 Å². The van der Waals surface area contributed by atoms with Crippen LogP contribution in [0.1, 0.15) is 0 Å². The normalized spacial score (nSPS) is 0. The molecule has 0 heterocycles. The number of hydrogen-bond donors (Lipinski definition) is 0.